The molecule has 25 heavy (non-hydrogen) atoms. The second-order valence-electron chi connectivity index (χ2n) is 5.00. The molecule has 1 amide bonds. The van der Waals surface area contributed by atoms with Crippen LogP contribution in [0.5, 0.6) is 5.75 Å². The van der Waals surface area contributed by atoms with Gasteiger partial charge in [0.1, 0.15) is 5.82 Å². The van der Waals surface area contributed by atoms with E-state index in [1.807, 2.05) is 0 Å². The average molecular weight is 380 g/mol. The molecule has 0 saturated carbocycles. The van der Waals surface area contributed by atoms with Gasteiger partial charge in [-0.1, -0.05) is 41.4 Å². The molecule has 0 atom stereocenters. The minimum Gasteiger partial charge on any atom is -0.468 e. The summed E-state index contributed by atoms with van der Waals surface area (Å²) in [6.45, 7) is 0.0103. The largest absolute Gasteiger partial charge is 0.468 e. The fraction of sp³-hybridized carbons (Fsp3) is 0.0588. The summed E-state index contributed by atoms with van der Waals surface area (Å²) in [5.74, 6) is -0.717. The van der Waals surface area contributed by atoms with Crippen LogP contribution in [0, 0.1) is 5.82 Å². The number of rotatable bonds is 5. The first kappa shape index (κ1) is 17.3. The molecule has 2 aromatic carbocycles. The Bertz CT molecular complexity index is 894. The third-order valence-corrected chi connectivity index (χ3v) is 3.85. The molecular weight excluding hydrogens is 368 g/mol. The molecule has 0 aliphatic rings. The molecule has 0 unspecified atom stereocenters. The summed E-state index contributed by atoms with van der Waals surface area (Å²) in [6.07, 6.45) is 1.56. The van der Waals surface area contributed by atoms with Crippen molar-refractivity contribution in [3.63, 3.8) is 0 Å². The third kappa shape index (κ3) is 4.10. The lowest BCUT2D eigenvalue weighted by atomic mass is 10.3. The smallest absolute Gasteiger partial charge is 0.276 e. The molecule has 0 fully saturated rings. The summed E-state index contributed by atoms with van der Waals surface area (Å²) in [6, 6.07) is 12.4. The monoisotopic (exact) mass is 379 g/mol. The second-order valence-corrected chi connectivity index (χ2v) is 5.81. The van der Waals surface area contributed by atoms with Gasteiger partial charge < -0.3 is 10.1 Å². The van der Waals surface area contributed by atoms with E-state index in [1.54, 1.807) is 30.5 Å². The van der Waals surface area contributed by atoms with Gasteiger partial charge in [0.25, 0.3) is 5.91 Å². The summed E-state index contributed by atoms with van der Waals surface area (Å²) < 4.78 is 20.5. The number of carbonyl (C=O) groups excluding carboxylic acids is 1. The Kier molecular flexibility index (Phi) is 5.21. The number of benzene rings is 2. The van der Waals surface area contributed by atoms with Gasteiger partial charge >= 0.3 is 0 Å². The average Bonchev–Trinajstić information content (AvgIpc) is 3.05. The zero-order valence-electron chi connectivity index (χ0n) is 12.7. The Morgan fingerprint density at radius 2 is 1.84 bits per heavy atom. The van der Waals surface area contributed by atoms with Crippen molar-refractivity contribution < 1.29 is 13.9 Å². The lowest BCUT2D eigenvalue weighted by molar-refractivity contribution is 0.101. The van der Waals surface area contributed by atoms with Crippen LogP contribution < -0.4 is 10.1 Å². The molecule has 0 radical (unpaired) electrons. The van der Waals surface area contributed by atoms with E-state index in [2.05, 4.69) is 10.4 Å². The van der Waals surface area contributed by atoms with Gasteiger partial charge in [-0.05, 0) is 30.3 Å². The molecule has 0 aliphatic carbocycles. The predicted octanol–water partition coefficient (Wildman–Crippen LogP) is 4.62. The van der Waals surface area contributed by atoms with Gasteiger partial charge in [-0.2, -0.15) is 5.10 Å². The highest BCUT2D eigenvalue weighted by Crippen LogP contribution is 2.32. The minimum absolute atomic E-state index is 0.0103. The molecule has 1 heterocycles. The van der Waals surface area contributed by atoms with Crippen LogP contribution in [-0.4, -0.2) is 15.7 Å². The van der Waals surface area contributed by atoms with Crippen LogP contribution in [-0.2, 0) is 6.73 Å². The van der Waals surface area contributed by atoms with Gasteiger partial charge in [0, 0.05) is 6.20 Å². The normalized spacial score (nSPS) is 10.5. The number of hydrogen-bond donors (Lipinski definition) is 1. The molecule has 3 rings (SSSR count). The number of anilines is 1. The van der Waals surface area contributed by atoms with Gasteiger partial charge in [-0.3, -0.25) is 4.79 Å². The van der Waals surface area contributed by atoms with E-state index in [-0.39, 0.29) is 18.1 Å². The maximum Gasteiger partial charge on any atom is 0.276 e. The molecule has 128 valence electrons. The van der Waals surface area contributed by atoms with Crippen molar-refractivity contribution in [3.05, 3.63) is 76.3 Å². The number of nitrogens with zero attached hydrogens (tertiary/aromatic N) is 2. The molecule has 0 bridgehead atoms. The lowest BCUT2D eigenvalue weighted by Gasteiger charge is -2.09. The zero-order valence-corrected chi connectivity index (χ0v) is 14.3. The number of aromatic nitrogens is 2. The molecule has 0 aliphatic heterocycles. The fourth-order valence-electron chi connectivity index (χ4n) is 2.05. The molecule has 8 heteroatoms. The summed E-state index contributed by atoms with van der Waals surface area (Å²) in [4.78, 5) is 12.1. The van der Waals surface area contributed by atoms with Crippen LogP contribution in [0.3, 0.4) is 0 Å². The molecule has 0 saturated heterocycles. The van der Waals surface area contributed by atoms with Crippen molar-refractivity contribution in [2.75, 3.05) is 5.32 Å². The molecule has 0 spiro atoms. The Morgan fingerprint density at radius 3 is 2.56 bits per heavy atom. The topological polar surface area (TPSA) is 56.2 Å². The number of halogens is 3. The highest BCUT2D eigenvalue weighted by Gasteiger charge is 2.13. The number of hydrogen-bond acceptors (Lipinski definition) is 3. The molecular formula is C17H12Cl2FN3O2. The fourth-order valence-corrected chi connectivity index (χ4v) is 2.56. The van der Waals surface area contributed by atoms with Gasteiger partial charge in [0.2, 0.25) is 0 Å². The highest BCUT2D eigenvalue weighted by atomic mass is 35.5. The Balaban J connectivity index is 1.66. The van der Waals surface area contributed by atoms with E-state index in [9.17, 15) is 9.18 Å². The highest BCUT2D eigenvalue weighted by molar-refractivity contribution is 6.37. The van der Waals surface area contributed by atoms with Crippen molar-refractivity contribution in [1.29, 1.82) is 0 Å². The molecule has 1 aromatic heterocycles. The SMILES string of the molecule is O=C(Nc1ccccc1F)c1ccn(COc2c(Cl)cccc2Cl)n1. The van der Waals surface area contributed by atoms with Crippen LogP contribution >= 0.6 is 23.2 Å². The number of amides is 1. The molecule has 1 N–H and O–H groups in total. The maximum absolute atomic E-state index is 13.6. The molecule has 5 nitrogen and oxygen atoms in total. The Labute approximate surface area is 152 Å². The van der Waals surface area contributed by atoms with Crippen molar-refractivity contribution in [2.24, 2.45) is 0 Å². The molecule has 3 aromatic rings. The minimum atomic E-state index is -0.528. The number of carbonyl (C=O) groups is 1. The van der Waals surface area contributed by atoms with Crippen LogP contribution in [0.25, 0.3) is 0 Å². The van der Waals surface area contributed by atoms with Gasteiger partial charge in [0.15, 0.2) is 18.2 Å². The standard InChI is InChI=1S/C17H12Cl2FN3O2/c18-11-4-3-5-12(19)16(11)25-10-23-9-8-15(22-23)17(24)21-14-7-2-1-6-13(14)20/h1-9H,10H2,(H,21,24). The van der Waals surface area contributed by atoms with Crippen molar-refractivity contribution in [3.8, 4) is 5.75 Å². The summed E-state index contributed by atoms with van der Waals surface area (Å²) in [7, 11) is 0. The summed E-state index contributed by atoms with van der Waals surface area (Å²) in [5.41, 5.74) is 0.207. The second kappa shape index (κ2) is 7.55. The van der Waals surface area contributed by atoms with Gasteiger partial charge in [-0.25, -0.2) is 9.07 Å². The van der Waals surface area contributed by atoms with Crippen LogP contribution in [0.1, 0.15) is 10.5 Å². The van der Waals surface area contributed by atoms with Crippen LogP contribution in [0.2, 0.25) is 10.0 Å². The summed E-state index contributed by atoms with van der Waals surface area (Å²) >= 11 is 12.0. The first-order chi connectivity index (χ1) is 12.0. The van der Waals surface area contributed by atoms with E-state index < -0.39 is 11.7 Å². The Hall–Kier alpha value is -2.57. The van der Waals surface area contributed by atoms with Crippen molar-refractivity contribution in [1.82, 2.24) is 9.78 Å². The quantitative estimate of drug-likeness (QED) is 0.703. The van der Waals surface area contributed by atoms with Crippen LogP contribution in [0.4, 0.5) is 10.1 Å². The van der Waals surface area contributed by atoms with Gasteiger partial charge in [-0.15, -0.1) is 0 Å². The maximum atomic E-state index is 13.6. The number of nitrogens with one attached hydrogen (secondary N) is 1. The summed E-state index contributed by atoms with van der Waals surface area (Å²) in [5, 5.41) is 7.29. The van der Waals surface area contributed by atoms with Crippen LogP contribution in [0.15, 0.2) is 54.7 Å². The third-order valence-electron chi connectivity index (χ3n) is 3.26. The zero-order chi connectivity index (χ0) is 17.8. The predicted molar refractivity (Wildman–Crippen MR) is 93.7 cm³/mol. The van der Waals surface area contributed by atoms with E-state index in [4.69, 9.17) is 27.9 Å². The first-order valence-electron chi connectivity index (χ1n) is 7.21. The Morgan fingerprint density at radius 1 is 1.12 bits per heavy atom. The number of para-hydroxylation sites is 2. The van der Waals surface area contributed by atoms with E-state index in [0.717, 1.165) is 0 Å². The number of ether oxygens (including phenoxy) is 1. The van der Waals surface area contributed by atoms with Crippen molar-refractivity contribution in [2.45, 2.75) is 6.73 Å². The van der Waals surface area contributed by atoms with E-state index in [1.165, 1.54) is 28.9 Å². The lowest BCUT2D eigenvalue weighted by Crippen LogP contribution is -2.15. The van der Waals surface area contributed by atoms with Crippen molar-refractivity contribution >= 4 is 34.8 Å². The van der Waals surface area contributed by atoms with Gasteiger partial charge in [0.05, 0.1) is 15.7 Å². The first-order valence-corrected chi connectivity index (χ1v) is 7.96. The van der Waals surface area contributed by atoms with E-state index in [0.29, 0.717) is 15.8 Å². The van der Waals surface area contributed by atoms with E-state index >= 15 is 0 Å².